The number of aromatic nitrogens is 2. The molecule has 0 aliphatic rings. The largest absolute Gasteiger partial charge is 0.465 e. The highest BCUT2D eigenvalue weighted by Gasteiger charge is 2.19. The number of carbonyl (C=O) groups is 2. The van der Waals surface area contributed by atoms with Crippen molar-refractivity contribution in [3.63, 3.8) is 0 Å². The summed E-state index contributed by atoms with van der Waals surface area (Å²) in [5.41, 5.74) is 1.79. The summed E-state index contributed by atoms with van der Waals surface area (Å²) in [6, 6.07) is 3.45. The molecule has 1 N–H and O–H groups in total. The summed E-state index contributed by atoms with van der Waals surface area (Å²) in [7, 11) is 5.11. The van der Waals surface area contributed by atoms with Gasteiger partial charge in [0, 0.05) is 14.1 Å². The first-order valence-electron chi connectivity index (χ1n) is 6.99. The SMILES string of the molecule is CCc1nc(NC(=O)c2ccc(N(C)C)cn2)sc1C(=O)OC. The third-order valence-corrected chi connectivity index (χ3v) is 4.11. The average molecular weight is 334 g/mol. The van der Waals surface area contributed by atoms with Gasteiger partial charge >= 0.3 is 5.97 Å². The van der Waals surface area contributed by atoms with Gasteiger partial charge in [0.1, 0.15) is 10.6 Å². The van der Waals surface area contributed by atoms with Gasteiger partial charge in [0.15, 0.2) is 5.13 Å². The summed E-state index contributed by atoms with van der Waals surface area (Å²) in [6.45, 7) is 1.88. The van der Waals surface area contributed by atoms with Gasteiger partial charge < -0.3 is 9.64 Å². The first kappa shape index (κ1) is 16.9. The van der Waals surface area contributed by atoms with Gasteiger partial charge in [-0.15, -0.1) is 0 Å². The third kappa shape index (κ3) is 3.84. The van der Waals surface area contributed by atoms with E-state index in [-0.39, 0.29) is 11.6 Å². The molecule has 0 aromatic carbocycles. The molecule has 0 atom stereocenters. The number of pyridine rings is 1. The molecule has 0 spiro atoms. The van der Waals surface area contributed by atoms with Crippen LogP contribution in [0.3, 0.4) is 0 Å². The van der Waals surface area contributed by atoms with Crippen molar-refractivity contribution >= 4 is 34.0 Å². The lowest BCUT2D eigenvalue weighted by atomic mass is 10.3. The summed E-state index contributed by atoms with van der Waals surface area (Å²) >= 11 is 1.09. The zero-order valence-electron chi connectivity index (χ0n) is 13.4. The van der Waals surface area contributed by atoms with Crippen LogP contribution in [-0.2, 0) is 11.2 Å². The van der Waals surface area contributed by atoms with E-state index in [4.69, 9.17) is 4.74 Å². The fourth-order valence-electron chi connectivity index (χ4n) is 1.84. The molecule has 8 heteroatoms. The Hall–Kier alpha value is -2.48. The smallest absolute Gasteiger partial charge is 0.350 e. The van der Waals surface area contributed by atoms with Crippen LogP contribution in [0.1, 0.15) is 32.8 Å². The first-order valence-corrected chi connectivity index (χ1v) is 7.80. The van der Waals surface area contributed by atoms with Gasteiger partial charge in [0.25, 0.3) is 5.91 Å². The lowest BCUT2D eigenvalue weighted by Gasteiger charge is -2.11. The molecule has 7 nitrogen and oxygen atoms in total. The van der Waals surface area contributed by atoms with Gasteiger partial charge in [-0.25, -0.2) is 14.8 Å². The van der Waals surface area contributed by atoms with Crippen molar-refractivity contribution in [3.8, 4) is 0 Å². The average Bonchev–Trinajstić information content (AvgIpc) is 2.97. The van der Waals surface area contributed by atoms with E-state index in [1.165, 1.54) is 7.11 Å². The number of hydrogen-bond donors (Lipinski definition) is 1. The molecule has 0 aliphatic carbocycles. The molecule has 0 unspecified atom stereocenters. The van der Waals surface area contributed by atoms with E-state index in [9.17, 15) is 9.59 Å². The van der Waals surface area contributed by atoms with E-state index in [1.54, 1.807) is 18.3 Å². The topological polar surface area (TPSA) is 84.4 Å². The van der Waals surface area contributed by atoms with Crippen LogP contribution in [-0.4, -0.2) is 43.0 Å². The number of rotatable bonds is 5. The zero-order valence-corrected chi connectivity index (χ0v) is 14.2. The van der Waals surface area contributed by atoms with Gasteiger partial charge in [-0.2, -0.15) is 0 Å². The van der Waals surface area contributed by atoms with Crippen LogP contribution in [0.15, 0.2) is 18.3 Å². The van der Waals surface area contributed by atoms with Crippen LogP contribution in [0, 0.1) is 0 Å². The standard InChI is InChI=1S/C15H18N4O3S/c1-5-10-12(14(21)22-4)23-15(17-10)18-13(20)11-7-6-9(8-16-11)19(2)3/h6-8H,5H2,1-4H3,(H,17,18,20). The van der Waals surface area contributed by atoms with Crippen LogP contribution >= 0.6 is 11.3 Å². The van der Waals surface area contributed by atoms with Crippen molar-refractivity contribution in [3.05, 3.63) is 34.6 Å². The molecule has 1 amide bonds. The van der Waals surface area contributed by atoms with Gasteiger partial charge in [-0.3, -0.25) is 10.1 Å². The number of aryl methyl sites for hydroxylation is 1. The minimum absolute atomic E-state index is 0.281. The second-order valence-electron chi connectivity index (χ2n) is 4.89. The molecule has 0 aliphatic heterocycles. The Bertz CT molecular complexity index is 710. The van der Waals surface area contributed by atoms with Crippen molar-refractivity contribution in [1.29, 1.82) is 0 Å². The van der Waals surface area contributed by atoms with Crippen LogP contribution in [0.5, 0.6) is 0 Å². The highest BCUT2D eigenvalue weighted by Crippen LogP contribution is 2.24. The summed E-state index contributed by atoms with van der Waals surface area (Å²) in [5.74, 6) is -0.823. The quantitative estimate of drug-likeness (QED) is 0.844. The van der Waals surface area contributed by atoms with E-state index in [1.807, 2.05) is 25.9 Å². The second-order valence-corrected chi connectivity index (χ2v) is 5.89. The summed E-state index contributed by atoms with van der Waals surface area (Å²) in [4.78, 5) is 34.6. The van der Waals surface area contributed by atoms with E-state index < -0.39 is 5.97 Å². The molecule has 23 heavy (non-hydrogen) atoms. The molecule has 2 aromatic rings. The normalized spacial score (nSPS) is 10.3. The fraction of sp³-hybridized carbons (Fsp3) is 0.333. The second kappa shape index (κ2) is 7.19. The van der Waals surface area contributed by atoms with Crippen LogP contribution in [0.2, 0.25) is 0 Å². The number of nitrogens with zero attached hydrogens (tertiary/aromatic N) is 3. The molecule has 122 valence electrons. The van der Waals surface area contributed by atoms with Crippen LogP contribution < -0.4 is 10.2 Å². The van der Waals surface area contributed by atoms with Gasteiger partial charge in [0.2, 0.25) is 0 Å². The van der Waals surface area contributed by atoms with Crippen LogP contribution in [0.25, 0.3) is 0 Å². The molecule has 0 fully saturated rings. The first-order chi connectivity index (χ1) is 11.0. The molecule has 0 saturated carbocycles. The Kier molecular flexibility index (Phi) is 5.28. The molecule has 0 bridgehead atoms. The van der Waals surface area contributed by atoms with Gasteiger partial charge in [-0.1, -0.05) is 18.3 Å². The number of hydrogen-bond acceptors (Lipinski definition) is 7. The number of methoxy groups -OCH3 is 1. The maximum Gasteiger partial charge on any atom is 0.350 e. The molecular formula is C15H18N4O3S. The van der Waals surface area contributed by atoms with Crippen molar-refractivity contribution < 1.29 is 14.3 Å². The Morgan fingerprint density at radius 3 is 2.61 bits per heavy atom. The monoisotopic (exact) mass is 334 g/mol. The Morgan fingerprint density at radius 1 is 1.35 bits per heavy atom. The summed E-state index contributed by atoms with van der Waals surface area (Å²) in [5, 5.41) is 3.02. The summed E-state index contributed by atoms with van der Waals surface area (Å²) < 4.78 is 4.72. The Labute approximate surface area is 138 Å². The molecule has 2 rings (SSSR count). The lowest BCUT2D eigenvalue weighted by molar-refractivity contribution is 0.0604. The van der Waals surface area contributed by atoms with Crippen LogP contribution in [0.4, 0.5) is 10.8 Å². The number of carbonyl (C=O) groups excluding carboxylic acids is 2. The number of amides is 1. The molecule has 0 saturated heterocycles. The Morgan fingerprint density at radius 2 is 2.09 bits per heavy atom. The van der Waals surface area contributed by atoms with Crippen molar-refractivity contribution in [2.75, 3.05) is 31.4 Å². The predicted molar refractivity (Wildman–Crippen MR) is 89.3 cm³/mol. The van der Waals surface area contributed by atoms with Crippen molar-refractivity contribution in [2.24, 2.45) is 0 Å². The zero-order chi connectivity index (χ0) is 17.0. The van der Waals surface area contributed by atoms with Gasteiger partial charge in [-0.05, 0) is 18.6 Å². The minimum atomic E-state index is -0.451. The molecule has 2 heterocycles. The number of thiazole rings is 1. The molecule has 2 aromatic heterocycles. The number of ether oxygens (including phenoxy) is 1. The van der Waals surface area contributed by atoms with Gasteiger partial charge in [0.05, 0.1) is 24.7 Å². The minimum Gasteiger partial charge on any atom is -0.465 e. The third-order valence-electron chi connectivity index (χ3n) is 3.12. The molecular weight excluding hydrogens is 316 g/mol. The van der Waals surface area contributed by atoms with E-state index in [2.05, 4.69) is 15.3 Å². The maximum atomic E-state index is 12.2. The number of anilines is 2. The van der Waals surface area contributed by atoms with Crippen molar-refractivity contribution in [1.82, 2.24) is 9.97 Å². The number of esters is 1. The molecule has 0 radical (unpaired) electrons. The van der Waals surface area contributed by atoms with E-state index >= 15 is 0 Å². The van der Waals surface area contributed by atoms with E-state index in [0.29, 0.717) is 22.1 Å². The maximum absolute atomic E-state index is 12.2. The highest BCUT2D eigenvalue weighted by atomic mass is 32.1. The fourth-order valence-corrected chi connectivity index (χ4v) is 2.81. The Balaban J connectivity index is 2.16. The highest BCUT2D eigenvalue weighted by molar-refractivity contribution is 7.17. The summed E-state index contributed by atoms with van der Waals surface area (Å²) in [6.07, 6.45) is 2.20. The van der Waals surface area contributed by atoms with E-state index in [0.717, 1.165) is 17.0 Å². The van der Waals surface area contributed by atoms with Crippen molar-refractivity contribution in [2.45, 2.75) is 13.3 Å². The predicted octanol–water partition coefficient (Wildman–Crippen LogP) is 2.21. The number of nitrogens with one attached hydrogen (secondary N) is 1. The lowest BCUT2D eigenvalue weighted by Crippen LogP contribution is -2.15.